The van der Waals surface area contributed by atoms with Gasteiger partial charge in [-0.3, -0.25) is 9.78 Å². The molecule has 0 bridgehead atoms. The Balaban J connectivity index is 1.75. The first-order valence-electron chi connectivity index (χ1n) is 6.46. The van der Waals surface area contributed by atoms with Crippen LogP contribution in [-0.4, -0.2) is 15.5 Å². The fourth-order valence-corrected chi connectivity index (χ4v) is 2.21. The normalized spacial score (nSPS) is 10.7. The molecule has 3 aromatic rings. The molecule has 0 aliphatic rings. The Morgan fingerprint density at radius 2 is 2.20 bits per heavy atom. The van der Waals surface area contributed by atoms with Gasteiger partial charge in [-0.2, -0.15) is 0 Å². The summed E-state index contributed by atoms with van der Waals surface area (Å²) in [4.78, 5) is 16.2. The van der Waals surface area contributed by atoms with Crippen LogP contribution >= 0.6 is 0 Å². The molecule has 0 saturated heterocycles. The van der Waals surface area contributed by atoms with E-state index in [0.717, 1.165) is 16.5 Å². The van der Waals surface area contributed by atoms with Crippen molar-refractivity contribution in [3.63, 3.8) is 0 Å². The van der Waals surface area contributed by atoms with Crippen molar-refractivity contribution in [2.24, 2.45) is 7.05 Å². The van der Waals surface area contributed by atoms with E-state index >= 15 is 0 Å². The number of pyridine rings is 1. The molecule has 0 aliphatic carbocycles. The summed E-state index contributed by atoms with van der Waals surface area (Å²) in [5, 5.41) is 3.97. The van der Waals surface area contributed by atoms with Gasteiger partial charge in [0.1, 0.15) is 0 Å². The second-order valence-corrected chi connectivity index (χ2v) is 4.74. The number of rotatable bonds is 3. The molecule has 1 N–H and O–H groups in total. The third kappa shape index (κ3) is 2.40. The van der Waals surface area contributed by atoms with E-state index in [4.69, 9.17) is 0 Å². The van der Waals surface area contributed by atoms with E-state index in [1.54, 1.807) is 12.4 Å². The predicted octanol–water partition coefficient (Wildman–Crippen LogP) is 2.50. The van der Waals surface area contributed by atoms with Crippen LogP contribution in [0.5, 0.6) is 0 Å². The van der Waals surface area contributed by atoms with Crippen LogP contribution in [0.25, 0.3) is 10.9 Å². The Morgan fingerprint density at radius 1 is 1.30 bits per heavy atom. The van der Waals surface area contributed by atoms with E-state index in [1.807, 2.05) is 54.2 Å². The first-order chi connectivity index (χ1) is 9.74. The van der Waals surface area contributed by atoms with Crippen LogP contribution in [0.3, 0.4) is 0 Å². The maximum Gasteiger partial charge on any atom is 0.251 e. The monoisotopic (exact) mass is 265 g/mol. The van der Waals surface area contributed by atoms with Crippen LogP contribution in [0.2, 0.25) is 0 Å². The van der Waals surface area contributed by atoms with E-state index in [1.165, 1.54) is 0 Å². The number of benzene rings is 1. The average molecular weight is 265 g/mol. The minimum Gasteiger partial charge on any atom is -0.351 e. The number of aromatic nitrogens is 2. The average Bonchev–Trinajstić information content (AvgIpc) is 2.87. The molecule has 0 unspecified atom stereocenters. The third-order valence-corrected chi connectivity index (χ3v) is 3.32. The zero-order valence-electron chi connectivity index (χ0n) is 11.2. The van der Waals surface area contributed by atoms with E-state index in [0.29, 0.717) is 12.1 Å². The van der Waals surface area contributed by atoms with Gasteiger partial charge in [0.15, 0.2) is 0 Å². The van der Waals surface area contributed by atoms with Gasteiger partial charge in [0, 0.05) is 48.6 Å². The van der Waals surface area contributed by atoms with E-state index < -0.39 is 0 Å². The number of fused-ring (bicyclic) bond motifs is 1. The van der Waals surface area contributed by atoms with E-state index in [-0.39, 0.29) is 5.91 Å². The predicted molar refractivity (Wildman–Crippen MR) is 78.3 cm³/mol. The summed E-state index contributed by atoms with van der Waals surface area (Å²) in [6.07, 6.45) is 5.46. The molecule has 3 rings (SSSR count). The number of carbonyl (C=O) groups is 1. The molecule has 1 amide bonds. The summed E-state index contributed by atoms with van der Waals surface area (Å²) in [5.74, 6) is -0.0698. The van der Waals surface area contributed by atoms with Crippen LogP contribution in [0.1, 0.15) is 15.9 Å². The largest absolute Gasteiger partial charge is 0.351 e. The highest BCUT2D eigenvalue weighted by atomic mass is 16.1. The van der Waals surface area contributed by atoms with Gasteiger partial charge in [-0.1, -0.05) is 6.07 Å². The highest BCUT2D eigenvalue weighted by Gasteiger charge is 2.07. The molecule has 0 spiro atoms. The molecule has 0 atom stereocenters. The number of aryl methyl sites for hydroxylation is 1. The highest BCUT2D eigenvalue weighted by molar-refractivity contribution is 5.98. The lowest BCUT2D eigenvalue weighted by Crippen LogP contribution is -2.22. The number of hydrogen-bond donors (Lipinski definition) is 1. The summed E-state index contributed by atoms with van der Waals surface area (Å²) < 4.78 is 2.03. The number of hydrogen-bond acceptors (Lipinski definition) is 2. The molecule has 1 aromatic carbocycles. The molecule has 0 saturated carbocycles. The molecule has 0 fully saturated rings. The van der Waals surface area contributed by atoms with Gasteiger partial charge in [-0.25, -0.2) is 0 Å². The Morgan fingerprint density at radius 3 is 3.00 bits per heavy atom. The zero-order chi connectivity index (χ0) is 13.9. The van der Waals surface area contributed by atoms with Crippen molar-refractivity contribution >= 4 is 16.8 Å². The van der Waals surface area contributed by atoms with Gasteiger partial charge in [-0.05, 0) is 35.9 Å². The van der Waals surface area contributed by atoms with Gasteiger partial charge >= 0.3 is 0 Å². The van der Waals surface area contributed by atoms with Crippen molar-refractivity contribution in [2.45, 2.75) is 6.54 Å². The maximum absolute atomic E-state index is 12.1. The Kier molecular flexibility index (Phi) is 3.21. The quantitative estimate of drug-likeness (QED) is 0.791. The standard InChI is InChI=1S/C16H15N3O/c1-19-8-6-13-9-14(4-5-15(13)19)16(20)18-11-12-3-2-7-17-10-12/h2-10H,11H2,1H3,(H,18,20). The fraction of sp³-hybridized carbons (Fsp3) is 0.125. The third-order valence-electron chi connectivity index (χ3n) is 3.32. The van der Waals surface area contributed by atoms with Crippen LogP contribution < -0.4 is 5.32 Å². The number of carbonyl (C=O) groups excluding carboxylic acids is 1. The van der Waals surface area contributed by atoms with Crippen LogP contribution in [0.15, 0.2) is 55.0 Å². The van der Waals surface area contributed by atoms with Crippen molar-refractivity contribution in [1.29, 1.82) is 0 Å². The lowest BCUT2D eigenvalue weighted by Gasteiger charge is -2.05. The number of nitrogens with one attached hydrogen (secondary N) is 1. The van der Waals surface area contributed by atoms with Crippen LogP contribution in [0.4, 0.5) is 0 Å². The maximum atomic E-state index is 12.1. The highest BCUT2D eigenvalue weighted by Crippen LogP contribution is 2.16. The van der Waals surface area contributed by atoms with Crippen LogP contribution in [-0.2, 0) is 13.6 Å². The van der Waals surface area contributed by atoms with Crippen molar-refractivity contribution in [3.8, 4) is 0 Å². The van der Waals surface area contributed by atoms with Gasteiger partial charge in [-0.15, -0.1) is 0 Å². The minimum atomic E-state index is -0.0698. The molecule has 0 aliphatic heterocycles. The lowest BCUT2D eigenvalue weighted by atomic mass is 10.1. The Bertz CT molecular complexity index is 747. The molecule has 100 valence electrons. The summed E-state index contributed by atoms with van der Waals surface area (Å²) in [6.45, 7) is 0.486. The molecule has 0 radical (unpaired) electrons. The first-order valence-corrected chi connectivity index (χ1v) is 6.46. The Labute approximate surface area is 117 Å². The first kappa shape index (κ1) is 12.4. The lowest BCUT2D eigenvalue weighted by molar-refractivity contribution is 0.0951. The van der Waals surface area contributed by atoms with E-state index in [9.17, 15) is 4.79 Å². The topological polar surface area (TPSA) is 46.9 Å². The Hall–Kier alpha value is -2.62. The van der Waals surface area contributed by atoms with E-state index in [2.05, 4.69) is 10.3 Å². The smallest absolute Gasteiger partial charge is 0.251 e. The molecule has 4 heteroatoms. The van der Waals surface area contributed by atoms with Gasteiger partial charge in [0.25, 0.3) is 5.91 Å². The van der Waals surface area contributed by atoms with Crippen molar-refractivity contribution < 1.29 is 4.79 Å². The summed E-state index contributed by atoms with van der Waals surface area (Å²) >= 11 is 0. The van der Waals surface area contributed by atoms with Gasteiger partial charge in [0.2, 0.25) is 0 Å². The summed E-state index contributed by atoms with van der Waals surface area (Å²) in [5.41, 5.74) is 2.78. The number of amides is 1. The second kappa shape index (κ2) is 5.17. The van der Waals surface area contributed by atoms with Gasteiger partial charge in [0.05, 0.1) is 0 Å². The van der Waals surface area contributed by atoms with Crippen molar-refractivity contribution in [1.82, 2.24) is 14.9 Å². The zero-order valence-corrected chi connectivity index (χ0v) is 11.2. The number of nitrogens with zero attached hydrogens (tertiary/aromatic N) is 2. The SMILES string of the molecule is Cn1ccc2cc(C(=O)NCc3cccnc3)ccc21. The molecular formula is C16H15N3O. The van der Waals surface area contributed by atoms with Crippen molar-refractivity contribution in [3.05, 3.63) is 66.1 Å². The molecule has 2 aromatic heterocycles. The second-order valence-electron chi connectivity index (χ2n) is 4.74. The minimum absolute atomic E-state index is 0.0698. The fourth-order valence-electron chi connectivity index (χ4n) is 2.21. The van der Waals surface area contributed by atoms with Gasteiger partial charge < -0.3 is 9.88 Å². The van der Waals surface area contributed by atoms with Crippen molar-refractivity contribution in [2.75, 3.05) is 0 Å². The molecule has 20 heavy (non-hydrogen) atoms. The molecule has 2 heterocycles. The summed E-state index contributed by atoms with van der Waals surface area (Å²) in [6, 6.07) is 11.5. The summed E-state index contributed by atoms with van der Waals surface area (Å²) in [7, 11) is 1.99. The van der Waals surface area contributed by atoms with Crippen LogP contribution in [0, 0.1) is 0 Å². The molecular weight excluding hydrogens is 250 g/mol. The molecule has 4 nitrogen and oxygen atoms in total.